The molecule has 1 fully saturated rings. The molecule has 0 bridgehead atoms. The van der Waals surface area contributed by atoms with Crippen LogP contribution in [0.1, 0.15) is 11.4 Å². The van der Waals surface area contributed by atoms with Crippen LogP contribution in [0.4, 0.5) is 11.5 Å². The van der Waals surface area contributed by atoms with Gasteiger partial charge >= 0.3 is 0 Å². The Balaban J connectivity index is 1.63. The zero-order valence-electron chi connectivity index (χ0n) is 12.6. The first-order valence-electron chi connectivity index (χ1n) is 7.36. The van der Waals surface area contributed by atoms with Gasteiger partial charge in [0.05, 0.1) is 13.2 Å². The second kappa shape index (κ2) is 7.05. The molecule has 0 saturated carbocycles. The molecule has 22 heavy (non-hydrogen) atoms. The molecule has 0 atom stereocenters. The molecule has 116 valence electrons. The molecule has 1 aromatic heterocycles. The van der Waals surface area contributed by atoms with E-state index in [9.17, 15) is 0 Å². The lowest BCUT2D eigenvalue weighted by molar-refractivity contribution is 0.0342. The number of aromatic nitrogens is 2. The summed E-state index contributed by atoms with van der Waals surface area (Å²) in [6.45, 7) is 6.43. The largest absolute Gasteiger partial charge is 0.379 e. The maximum atomic E-state index is 5.94. The molecule has 1 aliphatic rings. The van der Waals surface area contributed by atoms with Crippen LogP contribution < -0.4 is 5.32 Å². The Morgan fingerprint density at radius 1 is 1.18 bits per heavy atom. The fourth-order valence-electron chi connectivity index (χ4n) is 2.45. The molecule has 1 saturated heterocycles. The molecule has 2 heterocycles. The molecule has 0 unspecified atom stereocenters. The van der Waals surface area contributed by atoms with Crippen molar-refractivity contribution in [2.45, 2.75) is 13.5 Å². The SMILES string of the molecule is Cc1nc(Cl)cc(Nc2ccc(CN3CCOCC3)cc2)n1. The fourth-order valence-corrected chi connectivity index (χ4v) is 2.68. The minimum atomic E-state index is 0.443. The van der Waals surface area contributed by atoms with Crippen LogP contribution in [0, 0.1) is 6.92 Å². The van der Waals surface area contributed by atoms with E-state index in [2.05, 4.69) is 44.5 Å². The zero-order chi connectivity index (χ0) is 15.4. The Labute approximate surface area is 135 Å². The number of rotatable bonds is 4. The maximum Gasteiger partial charge on any atom is 0.135 e. The van der Waals surface area contributed by atoms with E-state index in [1.54, 1.807) is 6.07 Å². The smallest absolute Gasteiger partial charge is 0.135 e. The number of anilines is 2. The van der Waals surface area contributed by atoms with Crippen molar-refractivity contribution in [1.29, 1.82) is 0 Å². The molecule has 6 heteroatoms. The monoisotopic (exact) mass is 318 g/mol. The molecule has 0 spiro atoms. The first kappa shape index (κ1) is 15.2. The third-order valence-electron chi connectivity index (χ3n) is 3.54. The van der Waals surface area contributed by atoms with Crippen molar-refractivity contribution < 1.29 is 4.74 Å². The van der Waals surface area contributed by atoms with Crippen LogP contribution in [0.3, 0.4) is 0 Å². The molecule has 0 amide bonds. The van der Waals surface area contributed by atoms with Crippen LogP contribution in [-0.2, 0) is 11.3 Å². The summed E-state index contributed by atoms with van der Waals surface area (Å²) < 4.78 is 5.37. The molecule has 1 aliphatic heterocycles. The van der Waals surface area contributed by atoms with Crippen LogP contribution >= 0.6 is 11.6 Å². The van der Waals surface area contributed by atoms with E-state index in [0.29, 0.717) is 16.8 Å². The fraction of sp³-hybridized carbons (Fsp3) is 0.375. The third kappa shape index (κ3) is 4.16. The summed E-state index contributed by atoms with van der Waals surface area (Å²) in [7, 11) is 0. The summed E-state index contributed by atoms with van der Waals surface area (Å²) >= 11 is 5.94. The molecule has 0 radical (unpaired) electrons. The lowest BCUT2D eigenvalue weighted by Gasteiger charge is -2.26. The van der Waals surface area contributed by atoms with Gasteiger partial charge in [-0.3, -0.25) is 4.90 Å². The third-order valence-corrected chi connectivity index (χ3v) is 3.74. The lowest BCUT2D eigenvalue weighted by atomic mass is 10.2. The molecular formula is C16H19ClN4O. The van der Waals surface area contributed by atoms with Crippen LogP contribution in [0.2, 0.25) is 5.15 Å². The second-order valence-corrected chi connectivity index (χ2v) is 5.72. The number of morpholine rings is 1. The number of nitrogens with zero attached hydrogens (tertiary/aromatic N) is 3. The summed E-state index contributed by atoms with van der Waals surface area (Å²) in [6.07, 6.45) is 0. The van der Waals surface area contributed by atoms with E-state index in [1.807, 2.05) is 6.92 Å². The summed E-state index contributed by atoms with van der Waals surface area (Å²) in [6, 6.07) is 10.1. The average molecular weight is 319 g/mol. The van der Waals surface area contributed by atoms with E-state index in [4.69, 9.17) is 16.3 Å². The van der Waals surface area contributed by atoms with E-state index >= 15 is 0 Å². The van der Waals surface area contributed by atoms with Gasteiger partial charge in [0.15, 0.2) is 0 Å². The van der Waals surface area contributed by atoms with Crippen molar-refractivity contribution in [3.05, 3.63) is 46.9 Å². The minimum absolute atomic E-state index is 0.443. The Morgan fingerprint density at radius 3 is 2.59 bits per heavy atom. The van der Waals surface area contributed by atoms with Crippen molar-refractivity contribution in [2.75, 3.05) is 31.6 Å². The van der Waals surface area contributed by atoms with Crippen molar-refractivity contribution in [3.8, 4) is 0 Å². The molecule has 1 N–H and O–H groups in total. The van der Waals surface area contributed by atoms with Gasteiger partial charge in [-0.15, -0.1) is 0 Å². The van der Waals surface area contributed by atoms with Gasteiger partial charge in [0.1, 0.15) is 16.8 Å². The van der Waals surface area contributed by atoms with Gasteiger partial charge in [-0.2, -0.15) is 0 Å². The molecule has 3 rings (SSSR count). The van der Waals surface area contributed by atoms with Gasteiger partial charge in [-0.25, -0.2) is 9.97 Å². The first-order valence-corrected chi connectivity index (χ1v) is 7.74. The van der Waals surface area contributed by atoms with E-state index < -0.39 is 0 Å². The first-order chi connectivity index (χ1) is 10.7. The van der Waals surface area contributed by atoms with E-state index in [-0.39, 0.29) is 0 Å². The second-order valence-electron chi connectivity index (χ2n) is 5.33. The van der Waals surface area contributed by atoms with E-state index in [1.165, 1.54) is 5.56 Å². The van der Waals surface area contributed by atoms with Gasteiger partial charge in [0, 0.05) is 31.4 Å². The number of hydrogen-bond acceptors (Lipinski definition) is 5. The van der Waals surface area contributed by atoms with Gasteiger partial charge < -0.3 is 10.1 Å². The zero-order valence-corrected chi connectivity index (χ0v) is 13.3. The summed E-state index contributed by atoms with van der Waals surface area (Å²) in [5.74, 6) is 1.36. The van der Waals surface area contributed by atoms with Gasteiger partial charge in [0.25, 0.3) is 0 Å². The highest BCUT2D eigenvalue weighted by Crippen LogP contribution is 2.18. The highest BCUT2D eigenvalue weighted by molar-refractivity contribution is 6.29. The number of ether oxygens (including phenoxy) is 1. The molecule has 2 aromatic rings. The number of halogens is 1. The van der Waals surface area contributed by atoms with Crippen LogP contribution in [0.25, 0.3) is 0 Å². The topological polar surface area (TPSA) is 50.3 Å². The van der Waals surface area contributed by atoms with Crippen molar-refractivity contribution in [1.82, 2.24) is 14.9 Å². The molecular weight excluding hydrogens is 300 g/mol. The van der Waals surface area contributed by atoms with Crippen LogP contribution in [0.5, 0.6) is 0 Å². The van der Waals surface area contributed by atoms with Crippen molar-refractivity contribution >= 4 is 23.1 Å². The van der Waals surface area contributed by atoms with Crippen LogP contribution in [0.15, 0.2) is 30.3 Å². The number of nitrogens with one attached hydrogen (secondary N) is 1. The highest BCUT2D eigenvalue weighted by Gasteiger charge is 2.10. The molecule has 0 aliphatic carbocycles. The molecule has 1 aromatic carbocycles. The Hall–Kier alpha value is -1.69. The van der Waals surface area contributed by atoms with Gasteiger partial charge in [-0.1, -0.05) is 23.7 Å². The van der Waals surface area contributed by atoms with Gasteiger partial charge in [-0.05, 0) is 24.6 Å². The maximum absolute atomic E-state index is 5.94. The summed E-state index contributed by atoms with van der Waals surface area (Å²) in [4.78, 5) is 10.8. The summed E-state index contributed by atoms with van der Waals surface area (Å²) in [5, 5.41) is 3.69. The lowest BCUT2D eigenvalue weighted by Crippen LogP contribution is -2.35. The van der Waals surface area contributed by atoms with Crippen molar-refractivity contribution in [2.24, 2.45) is 0 Å². The Morgan fingerprint density at radius 2 is 1.91 bits per heavy atom. The van der Waals surface area contributed by atoms with E-state index in [0.717, 1.165) is 38.5 Å². The average Bonchev–Trinajstić information content (AvgIpc) is 2.49. The van der Waals surface area contributed by atoms with Crippen molar-refractivity contribution in [3.63, 3.8) is 0 Å². The predicted molar refractivity (Wildman–Crippen MR) is 87.6 cm³/mol. The Kier molecular flexibility index (Phi) is 4.87. The van der Waals surface area contributed by atoms with Crippen LogP contribution in [-0.4, -0.2) is 41.2 Å². The normalized spacial score (nSPS) is 15.7. The number of benzene rings is 1. The Bertz CT molecular complexity index is 606. The number of hydrogen-bond donors (Lipinski definition) is 1. The molecule has 5 nitrogen and oxygen atoms in total. The van der Waals surface area contributed by atoms with Gasteiger partial charge in [0.2, 0.25) is 0 Å². The summed E-state index contributed by atoms with van der Waals surface area (Å²) in [5.41, 5.74) is 2.28. The predicted octanol–water partition coefficient (Wildman–Crippen LogP) is 3.01. The number of aryl methyl sites for hydroxylation is 1. The standard InChI is InChI=1S/C16H19ClN4O/c1-12-18-15(17)10-16(19-12)20-14-4-2-13(3-5-14)11-21-6-8-22-9-7-21/h2-5,10H,6-9,11H2,1H3,(H,18,19,20). The highest BCUT2D eigenvalue weighted by atomic mass is 35.5. The quantitative estimate of drug-likeness (QED) is 0.878. The minimum Gasteiger partial charge on any atom is -0.379 e.